The van der Waals surface area contributed by atoms with Crippen LogP contribution in [0.5, 0.6) is 0 Å². The maximum absolute atomic E-state index is 9.57. The van der Waals surface area contributed by atoms with Crippen LogP contribution in [0.3, 0.4) is 0 Å². The minimum atomic E-state index is 0.0372. The van der Waals surface area contributed by atoms with Crippen molar-refractivity contribution in [3.63, 3.8) is 0 Å². The lowest BCUT2D eigenvalue weighted by Gasteiger charge is -2.36. The largest absolute Gasteiger partial charge is 0.391 e. The fourth-order valence-corrected chi connectivity index (χ4v) is 2.96. The summed E-state index contributed by atoms with van der Waals surface area (Å²) in [7, 11) is 1.94. The second-order valence-corrected chi connectivity index (χ2v) is 5.33. The molecule has 0 radical (unpaired) electrons. The Kier molecular flexibility index (Phi) is 3.79. The number of piperazine rings is 1. The van der Waals surface area contributed by atoms with Gasteiger partial charge in [0, 0.05) is 45.0 Å². The number of hydrogen-bond acceptors (Lipinski definition) is 5. The fraction of sp³-hybridized carbons (Fsp3) is 0.467. The van der Waals surface area contributed by atoms with E-state index in [1.165, 1.54) is 0 Å². The van der Waals surface area contributed by atoms with Crippen molar-refractivity contribution in [1.82, 2.24) is 14.8 Å². The Bertz CT molecular complexity index is 602. The minimum absolute atomic E-state index is 0.0372. The summed E-state index contributed by atoms with van der Waals surface area (Å²) >= 11 is 0. The minimum Gasteiger partial charge on any atom is -0.391 e. The highest BCUT2D eigenvalue weighted by molar-refractivity contribution is 5.52. The average molecular weight is 287 g/mol. The second kappa shape index (κ2) is 5.73. The van der Waals surface area contributed by atoms with Crippen LogP contribution in [0.2, 0.25) is 0 Å². The Morgan fingerprint density at radius 1 is 1.14 bits per heavy atom. The van der Waals surface area contributed by atoms with E-state index < -0.39 is 0 Å². The SMILES string of the molecule is Cc1nn(C)c(N2CCN(c3ccccn3)CC2)c1CO. The van der Waals surface area contributed by atoms with Crippen LogP contribution >= 0.6 is 0 Å². The van der Waals surface area contributed by atoms with E-state index in [0.717, 1.165) is 49.1 Å². The smallest absolute Gasteiger partial charge is 0.132 e. The third kappa shape index (κ3) is 2.58. The van der Waals surface area contributed by atoms with Crippen LogP contribution in [0.1, 0.15) is 11.3 Å². The Morgan fingerprint density at radius 3 is 2.48 bits per heavy atom. The summed E-state index contributed by atoms with van der Waals surface area (Å²) in [5, 5.41) is 14.0. The summed E-state index contributed by atoms with van der Waals surface area (Å²) in [6.07, 6.45) is 1.83. The lowest BCUT2D eigenvalue weighted by atomic mass is 10.2. The van der Waals surface area contributed by atoms with Crippen LogP contribution in [-0.4, -0.2) is 46.1 Å². The van der Waals surface area contributed by atoms with Crippen LogP contribution in [0.15, 0.2) is 24.4 Å². The summed E-state index contributed by atoms with van der Waals surface area (Å²) in [6.45, 7) is 5.64. The van der Waals surface area contributed by atoms with Gasteiger partial charge in [0.25, 0.3) is 0 Å². The Hall–Kier alpha value is -2.08. The molecule has 3 heterocycles. The van der Waals surface area contributed by atoms with Gasteiger partial charge in [0.1, 0.15) is 11.6 Å². The monoisotopic (exact) mass is 287 g/mol. The van der Waals surface area contributed by atoms with Gasteiger partial charge in [-0.15, -0.1) is 0 Å². The number of rotatable bonds is 3. The summed E-state index contributed by atoms with van der Waals surface area (Å²) in [5.41, 5.74) is 1.84. The highest BCUT2D eigenvalue weighted by atomic mass is 16.3. The zero-order valence-corrected chi connectivity index (χ0v) is 12.5. The topological polar surface area (TPSA) is 57.4 Å². The van der Waals surface area contributed by atoms with Crippen molar-refractivity contribution in [2.45, 2.75) is 13.5 Å². The predicted octanol–water partition coefficient (Wildman–Crippen LogP) is 0.942. The molecule has 0 atom stereocenters. The van der Waals surface area contributed by atoms with E-state index in [2.05, 4.69) is 19.9 Å². The van der Waals surface area contributed by atoms with Crippen LogP contribution in [0.25, 0.3) is 0 Å². The summed E-state index contributed by atoms with van der Waals surface area (Å²) in [5.74, 6) is 2.07. The van der Waals surface area contributed by atoms with Gasteiger partial charge in [-0.05, 0) is 19.1 Å². The molecule has 112 valence electrons. The van der Waals surface area contributed by atoms with Gasteiger partial charge in [-0.1, -0.05) is 6.07 Å². The summed E-state index contributed by atoms with van der Waals surface area (Å²) in [6, 6.07) is 6.00. The van der Waals surface area contributed by atoms with Crippen molar-refractivity contribution in [1.29, 1.82) is 0 Å². The average Bonchev–Trinajstić information content (AvgIpc) is 2.82. The molecule has 6 heteroatoms. The first-order valence-corrected chi connectivity index (χ1v) is 7.25. The molecule has 1 N–H and O–H groups in total. The van der Waals surface area contributed by atoms with Crippen LogP contribution in [0, 0.1) is 6.92 Å². The van der Waals surface area contributed by atoms with E-state index in [-0.39, 0.29) is 6.61 Å². The number of anilines is 2. The molecule has 6 nitrogen and oxygen atoms in total. The normalized spacial score (nSPS) is 15.6. The molecule has 0 aliphatic carbocycles. The molecule has 0 spiro atoms. The zero-order chi connectivity index (χ0) is 14.8. The Morgan fingerprint density at radius 2 is 1.86 bits per heavy atom. The molecule has 1 aliphatic rings. The highest BCUT2D eigenvalue weighted by Gasteiger charge is 2.23. The van der Waals surface area contributed by atoms with E-state index in [1.54, 1.807) is 0 Å². The molecule has 21 heavy (non-hydrogen) atoms. The number of aromatic nitrogens is 3. The third-order valence-corrected chi connectivity index (χ3v) is 4.02. The van der Waals surface area contributed by atoms with Gasteiger partial charge in [0.15, 0.2) is 0 Å². The number of nitrogens with zero attached hydrogens (tertiary/aromatic N) is 5. The third-order valence-electron chi connectivity index (χ3n) is 4.02. The Balaban J connectivity index is 1.74. The van der Waals surface area contributed by atoms with E-state index in [1.807, 2.05) is 43.0 Å². The number of hydrogen-bond donors (Lipinski definition) is 1. The van der Waals surface area contributed by atoms with Gasteiger partial charge >= 0.3 is 0 Å². The maximum Gasteiger partial charge on any atom is 0.132 e. The number of aryl methyl sites for hydroxylation is 2. The first-order valence-electron chi connectivity index (χ1n) is 7.25. The molecule has 0 bridgehead atoms. The molecule has 0 amide bonds. The van der Waals surface area contributed by atoms with Crippen molar-refractivity contribution in [2.24, 2.45) is 7.05 Å². The molecule has 1 aliphatic heterocycles. The number of aliphatic hydroxyl groups is 1. The van der Waals surface area contributed by atoms with Crippen molar-refractivity contribution in [2.75, 3.05) is 36.0 Å². The summed E-state index contributed by atoms with van der Waals surface area (Å²) < 4.78 is 1.87. The molecule has 1 fully saturated rings. The standard InChI is InChI=1S/C15H21N5O/c1-12-13(11-21)15(18(2)17-12)20-9-7-19(8-10-20)14-5-3-4-6-16-14/h3-6,21H,7-11H2,1-2H3. The molecule has 0 unspecified atom stereocenters. The van der Waals surface area contributed by atoms with Crippen molar-refractivity contribution in [3.8, 4) is 0 Å². The first-order chi connectivity index (χ1) is 10.2. The van der Waals surface area contributed by atoms with E-state index >= 15 is 0 Å². The lowest BCUT2D eigenvalue weighted by Crippen LogP contribution is -2.47. The van der Waals surface area contributed by atoms with Crippen LogP contribution < -0.4 is 9.80 Å². The molecule has 0 saturated carbocycles. The van der Waals surface area contributed by atoms with Gasteiger partial charge in [-0.25, -0.2) is 4.98 Å². The van der Waals surface area contributed by atoms with Gasteiger partial charge in [0.05, 0.1) is 12.3 Å². The van der Waals surface area contributed by atoms with Gasteiger partial charge in [-0.3, -0.25) is 4.68 Å². The van der Waals surface area contributed by atoms with E-state index in [0.29, 0.717) is 0 Å². The quantitative estimate of drug-likeness (QED) is 0.910. The van der Waals surface area contributed by atoms with Gasteiger partial charge in [0.2, 0.25) is 0 Å². The van der Waals surface area contributed by atoms with Crippen LogP contribution in [0.4, 0.5) is 11.6 Å². The maximum atomic E-state index is 9.57. The van der Waals surface area contributed by atoms with E-state index in [9.17, 15) is 5.11 Å². The molecular weight excluding hydrogens is 266 g/mol. The molecule has 2 aromatic rings. The number of aliphatic hydroxyl groups excluding tert-OH is 1. The van der Waals surface area contributed by atoms with Crippen LogP contribution in [-0.2, 0) is 13.7 Å². The fourth-order valence-electron chi connectivity index (χ4n) is 2.96. The Labute approximate surface area is 124 Å². The molecule has 0 aromatic carbocycles. The summed E-state index contributed by atoms with van der Waals surface area (Å²) in [4.78, 5) is 8.99. The highest BCUT2D eigenvalue weighted by Crippen LogP contribution is 2.25. The molecular formula is C15H21N5O. The lowest BCUT2D eigenvalue weighted by molar-refractivity contribution is 0.281. The van der Waals surface area contributed by atoms with Gasteiger partial charge < -0.3 is 14.9 Å². The zero-order valence-electron chi connectivity index (χ0n) is 12.5. The molecule has 1 saturated heterocycles. The predicted molar refractivity (Wildman–Crippen MR) is 82.5 cm³/mol. The van der Waals surface area contributed by atoms with Crippen molar-refractivity contribution < 1.29 is 5.11 Å². The first kappa shape index (κ1) is 13.9. The molecule has 3 rings (SSSR count). The molecule has 2 aromatic heterocycles. The second-order valence-electron chi connectivity index (χ2n) is 5.33. The van der Waals surface area contributed by atoms with Crippen molar-refractivity contribution in [3.05, 3.63) is 35.7 Å². The van der Waals surface area contributed by atoms with E-state index in [4.69, 9.17) is 0 Å². The van der Waals surface area contributed by atoms with Crippen molar-refractivity contribution >= 4 is 11.6 Å². The number of pyridine rings is 1. The van der Waals surface area contributed by atoms with Gasteiger partial charge in [-0.2, -0.15) is 5.10 Å².